The Bertz CT molecular complexity index is 923. The van der Waals surface area contributed by atoms with E-state index < -0.39 is 0 Å². The second kappa shape index (κ2) is 9.64. The minimum absolute atomic E-state index is 0.0782. The van der Waals surface area contributed by atoms with Gasteiger partial charge in [0.1, 0.15) is 28.5 Å². The zero-order valence-corrected chi connectivity index (χ0v) is 17.5. The number of rotatable bonds is 10. The molecular weight excluding hydrogens is 370 g/mol. The number of ketones is 1. The van der Waals surface area contributed by atoms with Crippen molar-refractivity contribution >= 4 is 38.8 Å². The lowest BCUT2D eigenvalue weighted by Crippen LogP contribution is -2.17. The molecule has 1 atom stereocenters. The van der Waals surface area contributed by atoms with E-state index in [2.05, 4.69) is 22.2 Å². The fourth-order valence-corrected chi connectivity index (χ4v) is 3.74. The fraction of sp³-hybridized carbons (Fsp3) is 0.409. The summed E-state index contributed by atoms with van der Waals surface area (Å²) >= 11 is 1.59. The molecule has 0 saturated heterocycles. The van der Waals surface area contributed by atoms with Crippen LogP contribution in [0.2, 0.25) is 0 Å². The monoisotopic (exact) mass is 397 g/mol. The maximum absolute atomic E-state index is 11.9. The minimum atomic E-state index is 0.0782. The van der Waals surface area contributed by atoms with Crippen molar-refractivity contribution in [3.8, 4) is 5.75 Å². The standard InChI is InChI=1S/C22H27N3O2S/c1-4-16(8-7-10-19(26)15(2)3)27-20-11-6-5-9-18(20)25-21-17-12-13-28-22(17)24-14-23-21/h5-6,9,11-16H,4,7-8,10H2,1-3H3,(H,23,24,25). The van der Waals surface area contributed by atoms with Crippen molar-refractivity contribution in [2.24, 2.45) is 5.92 Å². The molecule has 2 aromatic heterocycles. The van der Waals surface area contributed by atoms with E-state index in [0.29, 0.717) is 12.2 Å². The highest BCUT2D eigenvalue weighted by Gasteiger charge is 2.14. The van der Waals surface area contributed by atoms with Gasteiger partial charge in [-0.15, -0.1) is 11.3 Å². The van der Waals surface area contributed by atoms with Crippen LogP contribution in [0.25, 0.3) is 10.2 Å². The van der Waals surface area contributed by atoms with Gasteiger partial charge >= 0.3 is 0 Å². The lowest BCUT2D eigenvalue weighted by molar-refractivity contribution is -0.122. The van der Waals surface area contributed by atoms with Crippen LogP contribution in [-0.4, -0.2) is 21.9 Å². The Morgan fingerprint density at radius 2 is 2.04 bits per heavy atom. The Labute approximate surface area is 170 Å². The molecule has 1 aromatic carbocycles. The molecule has 0 bridgehead atoms. The number of hydrogen-bond donors (Lipinski definition) is 1. The van der Waals surface area contributed by atoms with Gasteiger partial charge in [0.05, 0.1) is 17.2 Å². The van der Waals surface area contributed by atoms with Crippen LogP contribution in [0, 0.1) is 5.92 Å². The topological polar surface area (TPSA) is 64.1 Å². The van der Waals surface area contributed by atoms with Gasteiger partial charge in [0.15, 0.2) is 0 Å². The maximum atomic E-state index is 11.9. The van der Waals surface area contributed by atoms with Crippen LogP contribution in [0.4, 0.5) is 11.5 Å². The second-order valence-electron chi connectivity index (χ2n) is 7.14. The number of fused-ring (bicyclic) bond motifs is 1. The molecule has 1 unspecified atom stereocenters. The van der Waals surface area contributed by atoms with Crippen LogP contribution >= 0.6 is 11.3 Å². The van der Waals surface area contributed by atoms with Gasteiger partial charge in [-0.3, -0.25) is 4.79 Å². The molecule has 0 amide bonds. The predicted molar refractivity (Wildman–Crippen MR) is 116 cm³/mol. The highest BCUT2D eigenvalue weighted by Crippen LogP contribution is 2.32. The second-order valence-corrected chi connectivity index (χ2v) is 8.04. The zero-order chi connectivity index (χ0) is 19.9. The smallest absolute Gasteiger partial charge is 0.143 e. The molecule has 0 fully saturated rings. The lowest BCUT2D eigenvalue weighted by Gasteiger charge is -2.20. The first kappa shape index (κ1) is 20.3. The van der Waals surface area contributed by atoms with Gasteiger partial charge in [0.25, 0.3) is 0 Å². The van der Waals surface area contributed by atoms with Crippen molar-refractivity contribution < 1.29 is 9.53 Å². The number of ether oxygens (including phenoxy) is 1. The zero-order valence-electron chi connectivity index (χ0n) is 16.6. The van der Waals surface area contributed by atoms with Crippen LogP contribution in [0.3, 0.4) is 0 Å². The number of nitrogens with one attached hydrogen (secondary N) is 1. The van der Waals surface area contributed by atoms with Gasteiger partial charge in [0.2, 0.25) is 0 Å². The molecule has 0 radical (unpaired) electrons. The van der Waals surface area contributed by atoms with Gasteiger partial charge in [-0.25, -0.2) is 9.97 Å². The third-order valence-electron chi connectivity index (χ3n) is 4.74. The van der Waals surface area contributed by atoms with Crippen LogP contribution in [0.5, 0.6) is 5.75 Å². The van der Waals surface area contributed by atoms with Crippen LogP contribution in [-0.2, 0) is 4.79 Å². The van der Waals surface area contributed by atoms with E-state index in [1.54, 1.807) is 17.7 Å². The molecule has 0 spiro atoms. The Morgan fingerprint density at radius 1 is 1.21 bits per heavy atom. The largest absolute Gasteiger partial charge is 0.488 e. The molecule has 0 aliphatic rings. The molecule has 0 aliphatic heterocycles. The van der Waals surface area contributed by atoms with Gasteiger partial charge in [0, 0.05) is 12.3 Å². The predicted octanol–water partition coefficient (Wildman–Crippen LogP) is 5.99. The molecule has 2 heterocycles. The summed E-state index contributed by atoms with van der Waals surface area (Å²) in [5, 5.41) is 6.41. The molecular formula is C22H27N3O2S. The average Bonchev–Trinajstić information content (AvgIpc) is 3.18. The van der Waals surface area contributed by atoms with Crippen molar-refractivity contribution in [3.05, 3.63) is 42.0 Å². The van der Waals surface area contributed by atoms with Crippen LogP contribution in [0.15, 0.2) is 42.0 Å². The number of carbonyl (C=O) groups is 1. The van der Waals surface area contributed by atoms with Gasteiger partial charge < -0.3 is 10.1 Å². The molecule has 1 N–H and O–H groups in total. The highest BCUT2D eigenvalue weighted by atomic mass is 32.1. The minimum Gasteiger partial charge on any atom is -0.488 e. The number of anilines is 2. The number of para-hydroxylation sites is 2. The summed E-state index contributed by atoms with van der Waals surface area (Å²) in [6.07, 6.45) is 4.89. The summed E-state index contributed by atoms with van der Waals surface area (Å²) in [4.78, 5) is 21.5. The average molecular weight is 398 g/mol. The summed E-state index contributed by atoms with van der Waals surface area (Å²) in [5.74, 6) is 2.00. The first-order valence-electron chi connectivity index (χ1n) is 9.82. The van der Waals surface area contributed by atoms with E-state index in [-0.39, 0.29) is 12.0 Å². The Balaban J connectivity index is 1.69. The summed E-state index contributed by atoms with van der Waals surface area (Å²) < 4.78 is 6.29. The molecule has 3 rings (SSSR count). The number of aromatic nitrogens is 2. The number of nitrogens with zero attached hydrogens (tertiary/aromatic N) is 2. The van der Waals surface area contributed by atoms with Gasteiger partial charge in [-0.05, 0) is 42.8 Å². The Kier molecular flexibility index (Phi) is 6.98. The number of carbonyl (C=O) groups excluding carboxylic acids is 1. The maximum Gasteiger partial charge on any atom is 0.143 e. The Hall–Kier alpha value is -2.47. The van der Waals surface area contributed by atoms with Crippen molar-refractivity contribution in [3.63, 3.8) is 0 Å². The van der Waals surface area contributed by atoms with E-state index in [9.17, 15) is 4.79 Å². The number of benzene rings is 1. The van der Waals surface area contributed by atoms with Crippen molar-refractivity contribution in [2.45, 2.75) is 52.6 Å². The fourth-order valence-electron chi connectivity index (χ4n) is 3.01. The van der Waals surface area contributed by atoms with Crippen molar-refractivity contribution in [1.82, 2.24) is 9.97 Å². The van der Waals surface area contributed by atoms with E-state index in [4.69, 9.17) is 4.74 Å². The van der Waals surface area contributed by atoms with Crippen LogP contribution < -0.4 is 10.1 Å². The van der Waals surface area contributed by atoms with E-state index in [1.807, 2.05) is 49.6 Å². The first-order valence-corrected chi connectivity index (χ1v) is 10.7. The molecule has 6 heteroatoms. The third kappa shape index (κ3) is 5.07. The van der Waals surface area contributed by atoms with E-state index in [1.165, 1.54) is 0 Å². The van der Waals surface area contributed by atoms with Gasteiger partial charge in [-0.1, -0.05) is 32.9 Å². The molecule has 148 valence electrons. The molecule has 28 heavy (non-hydrogen) atoms. The SMILES string of the molecule is CCC(CCCC(=O)C(C)C)Oc1ccccc1Nc1ncnc2sccc12. The van der Waals surface area contributed by atoms with Crippen molar-refractivity contribution in [2.75, 3.05) is 5.32 Å². The highest BCUT2D eigenvalue weighted by molar-refractivity contribution is 7.16. The summed E-state index contributed by atoms with van der Waals surface area (Å²) in [6, 6.07) is 9.92. The number of thiophene rings is 1. The number of hydrogen-bond acceptors (Lipinski definition) is 6. The Morgan fingerprint density at radius 3 is 2.82 bits per heavy atom. The van der Waals surface area contributed by atoms with E-state index in [0.717, 1.165) is 46.7 Å². The normalized spacial score (nSPS) is 12.3. The van der Waals surface area contributed by atoms with Crippen molar-refractivity contribution in [1.29, 1.82) is 0 Å². The summed E-state index contributed by atoms with van der Waals surface area (Å²) in [6.45, 7) is 6.02. The summed E-state index contributed by atoms with van der Waals surface area (Å²) in [5.41, 5.74) is 0.880. The molecule has 5 nitrogen and oxygen atoms in total. The van der Waals surface area contributed by atoms with Crippen LogP contribution in [0.1, 0.15) is 46.5 Å². The third-order valence-corrected chi connectivity index (χ3v) is 5.56. The number of Topliss-reactive ketones (excluding diaryl/α,β-unsaturated/α-hetero) is 1. The van der Waals surface area contributed by atoms with E-state index >= 15 is 0 Å². The molecule has 3 aromatic rings. The lowest BCUT2D eigenvalue weighted by atomic mass is 10.0. The first-order chi connectivity index (χ1) is 13.6. The quantitative estimate of drug-likeness (QED) is 0.455. The van der Waals surface area contributed by atoms with Gasteiger partial charge in [-0.2, -0.15) is 0 Å². The summed E-state index contributed by atoms with van der Waals surface area (Å²) in [7, 11) is 0. The molecule has 0 saturated carbocycles. The molecule has 0 aliphatic carbocycles.